The van der Waals surface area contributed by atoms with E-state index >= 15 is 0 Å². The second kappa shape index (κ2) is 4.23. The Balaban J connectivity index is 1.87. The van der Waals surface area contributed by atoms with Crippen molar-refractivity contribution in [3.8, 4) is 5.75 Å². The van der Waals surface area contributed by atoms with Crippen LogP contribution in [0.15, 0.2) is 24.3 Å². The van der Waals surface area contributed by atoms with Crippen LogP contribution < -0.4 is 4.74 Å². The van der Waals surface area contributed by atoms with Crippen molar-refractivity contribution in [2.75, 3.05) is 19.4 Å². The maximum absolute atomic E-state index is 12.5. The van der Waals surface area contributed by atoms with Gasteiger partial charge in [0.15, 0.2) is 9.84 Å². The smallest absolute Gasteiger partial charge is 0.257 e. The molecule has 2 bridgehead atoms. The van der Waals surface area contributed by atoms with Gasteiger partial charge in [-0.15, -0.1) is 0 Å². The van der Waals surface area contributed by atoms with Gasteiger partial charge < -0.3 is 9.64 Å². The highest BCUT2D eigenvalue weighted by molar-refractivity contribution is 7.92. The number of carbonyl (C=O) groups is 1. The molecule has 5 nitrogen and oxygen atoms in total. The Morgan fingerprint density at radius 1 is 1.37 bits per heavy atom. The molecular weight excluding hydrogens is 266 g/mol. The molecule has 2 aliphatic heterocycles. The summed E-state index contributed by atoms with van der Waals surface area (Å²) in [6.07, 6.45) is 0.573. The summed E-state index contributed by atoms with van der Waals surface area (Å²) in [6, 6.07) is 6.85. The number of likely N-dealkylation sites (tertiary alicyclic amines) is 1. The molecule has 0 N–H and O–H groups in total. The fraction of sp³-hybridized carbons (Fsp3) is 0.462. The molecule has 2 unspecified atom stereocenters. The topological polar surface area (TPSA) is 63.7 Å². The Morgan fingerprint density at radius 3 is 2.68 bits per heavy atom. The third kappa shape index (κ3) is 1.90. The summed E-state index contributed by atoms with van der Waals surface area (Å²) in [7, 11) is -1.46. The number of methoxy groups -OCH3 is 1. The van der Waals surface area contributed by atoms with E-state index in [0.29, 0.717) is 24.3 Å². The van der Waals surface area contributed by atoms with Gasteiger partial charge in [0, 0.05) is 12.6 Å². The van der Waals surface area contributed by atoms with Gasteiger partial charge in [0.05, 0.1) is 23.7 Å². The molecule has 1 aromatic rings. The van der Waals surface area contributed by atoms with Gasteiger partial charge in [-0.05, 0) is 18.6 Å². The summed E-state index contributed by atoms with van der Waals surface area (Å²) in [4.78, 5) is 14.1. The van der Waals surface area contributed by atoms with Gasteiger partial charge in [0.2, 0.25) is 0 Å². The van der Waals surface area contributed by atoms with E-state index in [4.69, 9.17) is 4.74 Å². The molecule has 2 atom stereocenters. The van der Waals surface area contributed by atoms with Gasteiger partial charge in [0.25, 0.3) is 5.91 Å². The van der Waals surface area contributed by atoms with E-state index in [9.17, 15) is 13.2 Å². The Morgan fingerprint density at radius 2 is 2.11 bits per heavy atom. The molecule has 0 saturated carbocycles. The predicted molar refractivity (Wildman–Crippen MR) is 70.0 cm³/mol. The average Bonchev–Trinajstić information content (AvgIpc) is 2.93. The fourth-order valence-corrected chi connectivity index (χ4v) is 4.95. The summed E-state index contributed by atoms with van der Waals surface area (Å²) in [5, 5.41) is -0.379. The normalized spacial score (nSPS) is 27.5. The minimum absolute atomic E-state index is 0.0958. The van der Waals surface area contributed by atoms with Crippen LogP contribution >= 0.6 is 0 Å². The number of rotatable bonds is 2. The third-order valence-corrected chi connectivity index (χ3v) is 6.11. The number of amides is 1. The van der Waals surface area contributed by atoms with Gasteiger partial charge in [-0.3, -0.25) is 4.79 Å². The van der Waals surface area contributed by atoms with E-state index in [2.05, 4.69) is 0 Å². The summed E-state index contributed by atoms with van der Waals surface area (Å²) >= 11 is 0. The Labute approximate surface area is 112 Å². The van der Waals surface area contributed by atoms with E-state index in [0.717, 1.165) is 0 Å². The average molecular weight is 281 g/mol. The zero-order valence-corrected chi connectivity index (χ0v) is 11.4. The van der Waals surface area contributed by atoms with Crippen LogP contribution in [0.1, 0.15) is 16.8 Å². The van der Waals surface area contributed by atoms with Crippen LogP contribution in [0.25, 0.3) is 0 Å². The largest absolute Gasteiger partial charge is 0.496 e. The number of nitrogens with zero attached hydrogens (tertiary/aromatic N) is 1. The van der Waals surface area contributed by atoms with Crippen molar-refractivity contribution >= 4 is 15.7 Å². The molecular formula is C13H15NO4S. The molecule has 0 radical (unpaired) electrons. The van der Waals surface area contributed by atoms with Crippen molar-refractivity contribution in [3.05, 3.63) is 29.8 Å². The van der Waals surface area contributed by atoms with Crippen molar-refractivity contribution in [1.29, 1.82) is 0 Å². The minimum Gasteiger partial charge on any atom is -0.496 e. The standard InChI is InChI=1S/C13H15NO4S/c1-18-12-5-3-2-4-11(12)13(15)14-7-10-6-9(14)8-19(10,16)17/h2-5,9-10H,6-8H2,1H3. The molecule has 3 rings (SSSR count). The van der Waals surface area contributed by atoms with Crippen LogP contribution in [0.2, 0.25) is 0 Å². The van der Waals surface area contributed by atoms with Crippen molar-refractivity contribution in [2.24, 2.45) is 0 Å². The first-order valence-corrected chi connectivity index (χ1v) is 7.90. The monoisotopic (exact) mass is 281 g/mol. The lowest BCUT2D eigenvalue weighted by Gasteiger charge is -2.27. The number of ether oxygens (including phenoxy) is 1. The minimum atomic E-state index is -2.98. The van der Waals surface area contributed by atoms with Crippen LogP contribution in [0.3, 0.4) is 0 Å². The molecule has 102 valence electrons. The van der Waals surface area contributed by atoms with E-state index in [-0.39, 0.29) is 23.0 Å². The van der Waals surface area contributed by atoms with E-state index < -0.39 is 9.84 Å². The predicted octanol–water partition coefficient (Wildman–Crippen LogP) is 0.707. The zero-order valence-electron chi connectivity index (χ0n) is 10.6. The van der Waals surface area contributed by atoms with Gasteiger partial charge in [-0.25, -0.2) is 8.42 Å². The third-order valence-electron chi connectivity index (χ3n) is 3.91. The van der Waals surface area contributed by atoms with E-state index in [1.807, 2.05) is 0 Å². The molecule has 0 aromatic heterocycles. The van der Waals surface area contributed by atoms with Gasteiger partial charge in [-0.2, -0.15) is 0 Å². The van der Waals surface area contributed by atoms with Crippen LogP contribution in [0, 0.1) is 0 Å². The number of fused-ring (bicyclic) bond motifs is 2. The first kappa shape index (κ1) is 12.5. The number of hydrogen-bond donors (Lipinski definition) is 0. The SMILES string of the molecule is COc1ccccc1C(=O)N1CC2CC1CS2(=O)=O. The summed E-state index contributed by atoms with van der Waals surface area (Å²) in [5.41, 5.74) is 0.495. The fourth-order valence-electron chi connectivity index (χ4n) is 2.92. The van der Waals surface area contributed by atoms with Crippen molar-refractivity contribution in [1.82, 2.24) is 4.90 Å². The van der Waals surface area contributed by atoms with Crippen LogP contribution in [-0.2, 0) is 9.84 Å². The molecule has 2 heterocycles. The van der Waals surface area contributed by atoms with Crippen molar-refractivity contribution in [2.45, 2.75) is 17.7 Å². The van der Waals surface area contributed by atoms with Crippen LogP contribution in [0.5, 0.6) is 5.75 Å². The maximum Gasteiger partial charge on any atom is 0.257 e. The molecule has 0 aliphatic carbocycles. The number of sulfone groups is 1. The van der Waals surface area contributed by atoms with E-state index in [1.54, 1.807) is 29.2 Å². The molecule has 19 heavy (non-hydrogen) atoms. The Hall–Kier alpha value is -1.56. The maximum atomic E-state index is 12.5. The molecule has 2 saturated heterocycles. The molecule has 0 spiro atoms. The number of para-hydroxylation sites is 1. The summed E-state index contributed by atoms with van der Waals surface area (Å²) < 4.78 is 28.6. The van der Waals surface area contributed by atoms with Crippen molar-refractivity contribution < 1.29 is 17.9 Å². The summed E-state index contributed by atoms with van der Waals surface area (Å²) in [5.74, 6) is 0.483. The Kier molecular flexibility index (Phi) is 2.78. The lowest BCUT2D eigenvalue weighted by atomic mass is 10.1. The number of benzene rings is 1. The first-order chi connectivity index (χ1) is 9.03. The van der Waals surface area contributed by atoms with Gasteiger partial charge in [-0.1, -0.05) is 12.1 Å². The highest BCUT2D eigenvalue weighted by Gasteiger charge is 2.50. The second-order valence-corrected chi connectivity index (χ2v) is 7.32. The number of carbonyl (C=O) groups excluding carboxylic acids is 1. The molecule has 1 aromatic carbocycles. The number of hydrogen-bond acceptors (Lipinski definition) is 4. The lowest BCUT2D eigenvalue weighted by molar-refractivity contribution is 0.0742. The van der Waals surface area contributed by atoms with Crippen LogP contribution in [0.4, 0.5) is 0 Å². The van der Waals surface area contributed by atoms with Crippen molar-refractivity contribution in [3.63, 3.8) is 0 Å². The van der Waals surface area contributed by atoms with Gasteiger partial charge in [0.1, 0.15) is 5.75 Å². The molecule has 6 heteroatoms. The zero-order chi connectivity index (χ0) is 13.6. The van der Waals surface area contributed by atoms with Crippen LogP contribution in [-0.4, -0.2) is 49.9 Å². The molecule has 2 fully saturated rings. The highest BCUT2D eigenvalue weighted by atomic mass is 32.2. The quantitative estimate of drug-likeness (QED) is 0.801. The molecule has 1 amide bonds. The highest BCUT2D eigenvalue weighted by Crippen LogP contribution is 2.34. The first-order valence-electron chi connectivity index (χ1n) is 6.18. The molecule has 2 aliphatic rings. The van der Waals surface area contributed by atoms with E-state index in [1.165, 1.54) is 7.11 Å². The van der Waals surface area contributed by atoms with Gasteiger partial charge >= 0.3 is 0 Å². The summed E-state index contributed by atoms with van der Waals surface area (Å²) in [6.45, 7) is 0.309. The second-order valence-electron chi connectivity index (χ2n) is 5.00. The lowest BCUT2D eigenvalue weighted by Crippen LogP contribution is -2.44. The Bertz CT molecular complexity index is 625.